The Bertz CT molecular complexity index is 763. The zero-order valence-electron chi connectivity index (χ0n) is 15.0. The van der Waals surface area contributed by atoms with Gasteiger partial charge in [-0.25, -0.2) is 4.79 Å². The van der Waals surface area contributed by atoms with Crippen molar-refractivity contribution in [3.05, 3.63) is 35.8 Å². The lowest BCUT2D eigenvalue weighted by atomic mass is 10.3. The van der Waals surface area contributed by atoms with E-state index >= 15 is 0 Å². The number of nitrogens with zero attached hydrogens (tertiary/aromatic N) is 4. The molecule has 7 nitrogen and oxygen atoms in total. The van der Waals surface area contributed by atoms with Gasteiger partial charge in [-0.15, -0.1) is 10.2 Å². The summed E-state index contributed by atoms with van der Waals surface area (Å²) in [6.07, 6.45) is 4.95. The van der Waals surface area contributed by atoms with E-state index in [-0.39, 0.29) is 12.1 Å². The molecule has 0 bridgehead atoms. The van der Waals surface area contributed by atoms with Gasteiger partial charge in [-0.2, -0.15) is 0 Å². The molecule has 0 radical (unpaired) electrons. The molecule has 2 aromatic rings. The summed E-state index contributed by atoms with van der Waals surface area (Å²) < 4.78 is 7.81. The number of carbonyl (C=O) groups is 1. The Labute approximate surface area is 147 Å². The standard InChI is InChI=1S/C18H25N5O2/c1-11-8-15(11)16-7-6-14(25-16)9-23(13-4-5-13)18(24)20-12(2)17-21-19-10-22(17)3/h6-7,10-13,15H,4-5,8-9H2,1-3H3,(H,20,24)/t11-,12+,15+/m1/s1. The van der Waals surface area contributed by atoms with Crippen molar-refractivity contribution >= 4 is 6.03 Å². The van der Waals surface area contributed by atoms with Crippen LogP contribution in [0.25, 0.3) is 0 Å². The van der Waals surface area contributed by atoms with Gasteiger partial charge in [0.2, 0.25) is 0 Å². The van der Waals surface area contributed by atoms with E-state index in [1.54, 1.807) is 6.33 Å². The van der Waals surface area contributed by atoms with Crippen LogP contribution in [0.4, 0.5) is 4.79 Å². The fourth-order valence-corrected chi connectivity index (χ4v) is 3.33. The van der Waals surface area contributed by atoms with Crippen molar-refractivity contribution < 1.29 is 9.21 Å². The Kier molecular flexibility index (Phi) is 4.01. The van der Waals surface area contributed by atoms with Gasteiger partial charge in [0.25, 0.3) is 0 Å². The molecule has 0 saturated heterocycles. The molecule has 0 unspecified atom stereocenters. The summed E-state index contributed by atoms with van der Waals surface area (Å²) in [4.78, 5) is 14.6. The summed E-state index contributed by atoms with van der Waals surface area (Å²) in [5, 5.41) is 11.0. The van der Waals surface area contributed by atoms with E-state index in [1.807, 2.05) is 29.5 Å². The van der Waals surface area contributed by atoms with Gasteiger partial charge >= 0.3 is 6.03 Å². The highest BCUT2D eigenvalue weighted by Gasteiger charge is 2.37. The van der Waals surface area contributed by atoms with Crippen LogP contribution < -0.4 is 5.32 Å². The number of aryl methyl sites for hydroxylation is 1. The topological polar surface area (TPSA) is 76.2 Å². The Morgan fingerprint density at radius 1 is 1.48 bits per heavy atom. The van der Waals surface area contributed by atoms with E-state index in [9.17, 15) is 4.79 Å². The van der Waals surface area contributed by atoms with Gasteiger partial charge in [0.1, 0.15) is 17.8 Å². The molecular formula is C18H25N5O2. The quantitative estimate of drug-likeness (QED) is 0.875. The van der Waals surface area contributed by atoms with Crippen LogP contribution >= 0.6 is 0 Å². The lowest BCUT2D eigenvalue weighted by Crippen LogP contribution is -2.42. The van der Waals surface area contributed by atoms with Crippen LogP contribution in [0.2, 0.25) is 0 Å². The molecular weight excluding hydrogens is 318 g/mol. The molecule has 134 valence electrons. The van der Waals surface area contributed by atoms with Crippen molar-refractivity contribution in [1.29, 1.82) is 0 Å². The first-order valence-corrected chi connectivity index (χ1v) is 9.02. The molecule has 4 rings (SSSR count). The molecule has 1 N–H and O–H groups in total. The second kappa shape index (κ2) is 6.20. The van der Waals surface area contributed by atoms with Crippen molar-refractivity contribution in [3.63, 3.8) is 0 Å². The van der Waals surface area contributed by atoms with E-state index in [0.29, 0.717) is 24.4 Å². The Hall–Kier alpha value is -2.31. The number of nitrogens with one attached hydrogen (secondary N) is 1. The minimum absolute atomic E-state index is 0.0734. The van der Waals surface area contributed by atoms with Gasteiger partial charge < -0.3 is 19.2 Å². The molecule has 2 amide bonds. The molecule has 0 aliphatic heterocycles. The Morgan fingerprint density at radius 2 is 2.24 bits per heavy atom. The molecule has 0 spiro atoms. The van der Waals surface area contributed by atoms with Crippen LogP contribution in [0.15, 0.2) is 22.9 Å². The minimum atomic E-state index is -0.194. The number of amides is 2. The van der Waals surface area contributed by atoms with E-state index in [0.717, 1.165) is 30.2 Å². The molecule has 7 heteroatoms. The lowest BCUT2D eigenvalue weighted by molar-refractivity contribution is 0.182. The summed E-state index contributed by atoms with van der Waals surface area (Å²) in [5.74, 6) is 3.95. The molecule has 2 aliphatic carbocycles. The third-order valence-electron chi connectivity index (χ3n) is 5.21. The number of hydrogen-bond acceptors (Lipinski definition) is 4. The monoisotopic (exact) mass is 343 g/mol. The second-order valence-corrected chi connectivity index (χ2v) is 7.45. The normalized spacial score (nSPS) is 23.3. The highest BCUT2D eigenvalue weighted by molar-refractivity contribution is 5.75. The largest absolute Gasteiger partial charge is 0.464 e. The Balaban J connectivity index is 1.41. The summed E-state index contributed by atoms with van der Waals surface area (Å²) in [5.41, 5.74) is 0. The summed E-state index contributed by atoms with van der Waals surface area (Å²) in [6, 6.07) is 4.11. The van der Waals surface area contributed by atoms with Crippen LogP contribution in [0, 0.1) is 5.92 Å². The predicted octanol–water partition coefficient (Wildman–Crippen LogP) is 2.97. The maximum Gasteiger partial charge on any atom is 0.318 e. The van der Waals surface area contributed by atoms with Crippen LogP contribution in [0.5, 0.6) is 0 Å². The molecule has 25 heavy (non-hydrogen) atoms. The average molecular weight is 343 g/mol. The van der Waals surface area contributed by atoms with Crippen molar-refractivity contribution in [2.45, 2.75) is 57.7 Å². The molecule has 0 aromatic carbocycles. The van der Waals surface area contributed by atoms with Crippen molar-refractivity contribution in [1.82, 2.24) is 25.0 Å². The zero-order valence-corrected chi connectivity index (χ0v) is 15.0. The first-order chi connectivity index (χ1) is 12.0. The van der Waals surface area contributed by atoms with Gasteiger partial charge in [0.05, 0.1) is 12.6 Å². The number of rotatable bonds is 6. The van der Waals surface area contributed by atoms with E-state index in [2.05, 4.69) is 28.5 Å². The smallest absolute Gasteiger partial charge is 0.318 e. The molecule has 2 aliphatic rings. The van der Waals surface area contributed by atoms with E-state index in [1.165, 1.54) is 6.42 Å². The van der Waals surface area contributed by atoms with Crippen LogP contribution in [-0.4, -0.2) is 31.7 Å². The number of urea groups is 1. The summed E-state index contributed by atoms with van der Waals surface area (Å²) in [6.45, 7) is 4.68. The van der Waals surface area contributed by atoms with Gasteiger partial charge in [0, 0.05) is 19.0 Å². The van der Waals surface area contributed by atoms with Crippen molar-refractivity contribution in [3.8, 4) is 0 Å². The fraction of sp³-hybridized carbons (Fsp3) is 0.611. The molecule has 2 aromatic heterocycles. The molecule has 2 fully saturated rings. The number of hydrogen-bond donors (Lipinski definition) is 1. The van der Waals surface area contributed by atoms with Crippen LogP contribution in [0.3, 0.4) is 0 Å². The van der Waals surface area contributed by atoms with Crippen molar-refractivity contribution in [2.75, 3.05) is 0 Å². The van der Waals surface area contributed by atoms with Gasteiger partial charge in [-0.3, -0.25) is 0 Å². The SMILES string of the molecule is C[C@H](NC(=O)N(Cc1ccc([C@H]2C[C@H]2C)o1)C1CC1)c1nncn1C. The number of aromatic nitrogens is 3. The van der Waals surface area contributed by atoms with Crippen LogP contribution in [-0.2, 0) is 13.6 Å². The highest BCUT2D eigenvalue weighted by atomic mass is 16.3. The number of carbonyl (C=O) groups excluding carboxylic acids is 1. The fourth-order valence-electron chi connectivity index (χ4n) is 3.33. The van der Waals surface area contributed by atoms with Crippen LogP contribution in [0.1, 0.15) is 62.4 Å². The first kappa shape index (κ1) is 16.2. The summed E-state index contributed by atoms with van der Waals surface area (Å²) >= 11 is 0. The maximum atomic E-state index is 12.8. The van der Waals surface area contributed by atoms with Gasteiger partial charge in [-0.1, -0.05) is 6.92 Å². The van der Waals surface area contributed by atoms with Gasteiger partial charge in [0.15, 0.2) is 5.82 Å². The van der Waals surface area contributed by atoms with Crippen molar-refractivity contribution in [2.24, 2.45) is 13.0 Å². The molecule has 2 heterocycles. The zero-order chi connectivity index (χ0) is 17.6. The molecule has 2 saturated carbocycles. The third kappa shape index (κ3) is 3.41. The predicted molar refractivity (Wildman–Crippen MR) is 91.7 cm³/mol. The third-order valence-corrected chi connectivity index (χ3v) is 5.21. The molecule has 3 atom stereocenters. The van der Waals surface area contributed by atoms with E-state index in [4.69, 9.17) is 4.42 Å². The Morgan fingerprint density at radius 3 is 2.84 bits per heavy atom. The van der Waals surface area contributed by atoms with Gasteiger partial charge in [-0.05, 0) is 44.2 Å². The average Bonchev–Trinajstić information content (AvgIpc) is 3.45. The lowest BCUT2D eigenvalue weighted by Gasteiger charge is -2.24. The first-order valence-electron chi connectivity index (χ1n) is 9.02. The highest BCUT2D eigenvalue weighted by Crippen LogP contribution is 2.47. The number of furan rings is 1. The second-order valence-electron chi connectivity index (χ2n) is 7.45. The summed E-state index contributed by atoms with van der Waals surface area (Å²) in [7, 11) is 1.87. The maximum absolute atomic E-state index is 12.8. The van der Waals surface area contributed by atoms with E-state index < -0.39 is 0 Å². The minimum Gasteiger partial charge on any atom is -0.464 e.